The van der Waals surface area contributed by atoms with Crippen molar-refractivity contribution in [2.75, 3.05) is 19.6 Å². The number of rotatable bonds is 5. The molecule has 5 heteroatoms. The van der Waals surface area contributed by atoms with Gasteiger partial charge in [0, 0.05) is 18.7 Å². The molecule has 0 aliphatic rings. The van der Waals surface area contributed by atoms with Crippen LogP contribution >= 0.6 is 0 Å². The SMILES string of the molecule is CCNC(=O)CN(CC)C(=O)c1ccc(O)c(C)c1. The molecule has 1 rings (SSSR count). The fourth-order valence-corrected chi connectivity index (χ4v) is 1.72. The summed E-state index contributed by atoms with van der Waals surface area (Å²) in [7, 11) is 0. The molecular weight excluding hydrogens is 244 g/mol. The number of carbonyl (C=O) groups is 2. The highest BCUT2D eigenvalue weighted by atomic mass is 16.3. The lowest BCUT2D eigenvalue weighted by molar-refractivity contribution is -0.121. The average Bonchev–Trinajstić information content (AvgIpc) is 2.38. The molecule has 0 fully saturated rings. The summed E-state index contributed by atoms with van der Waals surface area (Å²) >= 11 is 0. The van der Waals surface area contributed by atoms with E-state index in [1.54, 1.807) is 19.1 Å². The number of carbonyl (C=O) groups excluding carboxylic acids is 2. The lowest BCUT2D eigenvalue weighted by atomic mass is 10.1. The number of benzene rings is 1. The van der Waals surface area contributed by atoms with Crippen LogP contribution in [0.1, 0.15) is 29.8 Å². The number of hydrogen-bond donors (Lipinski definition) is 2. The van der Waals surface area contributed by atoms with Crippen LogP contribution < -0.4 is 5.32 Å². The smallest absolute Gasteiger partial charge is 0.254 e. The van der Waals surface area contributed by atoms with Gasteiger partial charge in [-0.1, -0.05) is 0 Å². The van der Waals surface area contributed by atoms with Crippen molar-refractivity contribution in [3.63, 3.8) is 0 Å². The zero-order valence-electron chi connectivity index (χ0n) is 11.6. The molecule has 0 saturated carbocycles. The lowest BCUT2D eigenvalue weighted by Crippen LogP contribution is -2.40. The van der Waals surface area contributed by atoms with Crippen molar-refractivity contribution in [2.45, 2.75) is 20.8 Å². The first-order valence-electron chi connectivity index (χ1n) is 6.35. The van der Waals surface area contributed by atoms with Gasteiger partial charge >= 0.3 is 0 Å². The fraction of sp³-hybridized carbons (Fsp3) is 0.429. The topological polar surface area (TPSA) is 69.6 Å². The zero-order valence-corrected chi connectivity index (χ0v) is 11.6. The Bertz CT molecular complexity index is 472. The van der Waals surface area contributed by atoms with Crippen LogP contribution in [0.4, 0.5) is 0 Å². The Morgan fingerprint density at radius 3 is 2.53 bits per heavy atom. The van der Waals surface area contributed by atoms with E-state index < -0.39 is 0 Å². The van der Waals surface area contributed by atoms with Crippen LogP contribution in [0, 0.1) is 6.92 Å². The third kappa shape index (κ3) is 3.98. The van der Waals surface area contributed by atoms with Crippen LogP contribution in [0.25, 0.3) is 0 Å². The maximum Gasteiger partial charge on any atom is 0.254 e. The molecule has 0 spiro atoms. The number of aryl methyl sites for hydroxylation is 1. The number of aromatic hydroxyl groups is 1. The standard InChI is InChI=1S/C14H20N2O3/c1-4-15-13(18)9-16(5-2)14(19)11-6-7-12(17)10(3)8-11/h6-8,17H,4-5,9H2,1-3H3,(H,15,18). The highest BCUT2D eigenvalue weighted by molar-refractivity contribution is 5.96. The molecule has 0 atom stereocenters. The summed E-state index contributed by atoms with van der Waals surface area (Å²) in [4.78, 5) is 25.2. The second kappa shape index (κ2) is 6.78. The Morgan fingerprint density at radius 1 is 1.32 bits per heavy atom. The first-order chi connectivity index (χ1) is 8.99. The Balaban J connectivity index is 2.83. The van der Waals surface area contributed by atoms with Gasteiger partial charge in [-0.2, -0.15) is 0 Å². The van der Waals surface area contributed by atoms with E-state index in [2.05, 4.69) is 5.32 Å². The minimum atomic E-state index is -0.211. The van der Waals surface area contributed by atoms with Crippen LogP contribution in [0.2, 0.25) is 0 Å². The highest BCUT2D eigenvalue weighted by Gasteiger charge is 2.17. The second-order valence-electron chi connectivity index (χ2n) is 4.27. The van der Waals surface area contributed by atoms with Crippen molar-refractivity contribution >= 4 is 11.8 Å². The molecule has 0 radical (unpaired) electrons. The molecule has 19 heavy (non-hydrogen) atoms. The van der Waals surface area contributed by atoms with Gasteiger partial charge < -0.3 is 15.3 Å². The van der Waals surface area contributed by atoms with Gasteiger partial charge in [-0.25, -0.2) is 0 Å². The van der Waals surface area contributed by atoms with Crippen molar-refractivity contribution in [3.05, 3.63) is 29.3 Å². The van der Waals surface area contributed by atoms with E-state index in [9.17, 15) is 14.7 Å². The van der Waals surface area contributed by atoms with E-state index >= 15 is 0 Å². The van der Waals surface area contributed by atoms with Gasteiger partial charge in [0.1, 0.15) is 5.75 Å². The van der Waals surface area contributed by atoms with Crippen LogP contribution in [0.5, 0.6) is 5.75 Å². The molecule has 0 saturated heterocycles. The van der Waals surface area contributed by atoms with Crippen molar-refractivity contribution in [1.82, 2.24) is 10.2 Å². The van der Waals surface area contributed by atoms with E-state index in [4.69, 9.17) is 0 Å². The van der Waals surface area contributed by atoms with Gasteiger partial charge in [0.15, 0.2) is 0 Å². The summed E-state index contributed by atoms with van der Waals surface area (Å²) in [5.41, 5.74) is 1.11. The van der Waals surface area contributed by atoms with Gasteiger partial charge in [-0.3, -0.25) is 9.59 Å². The van der Waals surface area contributed by atoms with E-state index in [-0.39, 0.29) is 24.1 Å². The van der Waals surface area contributed by atoms with Crippen LogP contribution in [0.3, 0.4) is 0 Å². The normalized spacial score (nSPS) is 10.1. The Kier molecular flexibility index (Phi) is 5.36. The molecule has 1 aromatic rings. The van der Waals surface area contributed by atoms with E-state index in [0.29, 0.717) is 24.2 Å². The minimum absolute atomic E-state index is 0.0447. The van der Waals surface area contributed by atoms with Gasteiger partial charge in [0.05, 0.1) is 6.54 Å². The fourth-order valence-electron chi connectivity index (χ4n) is 1.72. The summed E-state index contributed by atoms with van der Waals surface area (Å²) in [5.74, 6) is -0.228. The van der Waals surface area contributed by atoms with Crippen LogP contribution in [0.15, 0.2) is 18.2 Å². The molecule has 0 bridgehead atoms. The van der Waals surface area contributed by atoms with Crippen LogP contribution in [-0.2, 0) is 4.79 Å². The Hall–Kier alpha value is -2.04. The van der Waals surface area contributed by atoms with E-state index in [1.807, 2.05) is 13.8 Å². The molecular formula is C14H20N2O3. The van der Waals surface area contributed by atoms with E-state index in [0.717, 1.165) is 0 Å². The Morgan fingerprint density at radius 2 is 2.00 bits per heavy atom. The third-order valence-electron chi connectivity index (χ3n) is 2.82. The van der Waals surface area contributed by atoms with Gasteiger partial charge in [0.2, 0.25) is 5.91 Å². The predicted molar refractivity (Wildman–Crippen MR) is 73.1 cm³/mol. The lowest BCUT2D eigenvalue weighted by Gasteiger charge is -2.20. The van der Waals surface area contributed by atoms with Crippen molar-refractivity contribution in [1.29, 1.82) is 0 Å². The van der Waals surface area contributed by atoms with Crippen molar-refractivity contribution < 1.29 is 14.7 Å². The van der Waals surface area contributed by atoms with Gasteiger partial charge in [-0.15, -0.1) is 0 Å². The number of likely N-dealkylation sites (N-methyl/N-ethyl adjacent to an activating group) is 2. The molecule has 2 N–H and O–H groups in total. The first-order valence-corrected chi connectivity index (χ1v) is 6.35. The molecule has 0 aromatic heterocycles. The summed E-state index contributed by atoms with van der Waals surface area (Å²) < 4.78 is 0. The molecule has 104 valence electrons. The molecule has 0 unspecified atom stereocenters. The zero-order chi connectivity index (χ0) is 14.4. The molecule has 2 amide bonds. The highest BCUT2D eigenvalue weighted by Crippen LogP contribution is 2.18. The van der Waals surface area contributed by atoms with Crippen molar-refractivity contribution in [3.8, 4) is 5.75 Å². The van der Waals surface area contributed by atoms with Gasteiger partial charge in [-0.05, 0) is 44.5 Å². The molecule has 5 nitrogen and oxygen atoms in total. The number of nitrogens with zero attached hydrogens (tertiary/aromatic N) is 1. The summed E-state index contributed by atoms with van der Waals surface area (Å²) in [6, 6.07) is 4.67. The van der Waals surface area contributed by atoms with Gasteiger partial charge in [0.25, 0.3) is 5.91 Å². The predicted octanol–water partition coefficient (Wildman–Crippen LogP) is 1.30. The summed E-state index contributed by atoms with van der Waals surface area (Å²) in [6.07, 6.45) is 0. The summed E-state index contributed by atoms with van der Waals surface area (Å²) in [5, 5.41) is 12.1. The number of phenolic OH excluding ortho intramolecular Hbond substituents is 1. The summed E-state index contributed by atoms with van der Waals surface area (Å²) in [6.45, 7) is 6.43. The minimum Gasteiger partial charge on any atom is -0.508 e. The number of phenols is 1. The monoisotopic (exact) mass is 264 g/mol. The number of nitrogens with one attached hydrogen (secondary N) is 1. The van der Waals surface area contributed by atoms with Crippen molar-refractivity contribution in [2.24, 2.45) is 0 Å². The number of hydrogen-bond acceptors (Lipinski definition) is 3. The second-order valence-corrected chi connectivity index (χ2v) is 4.27. The molecule has 0 aliphatic carbocycles. The molecule has 0 aliphatic heterocycles. The first kappa shape index (κ1) is 15.0. The largest absolute Gasteiger partial charge is 0.508 e. The Labute approximate surface area is 113 Å². The maximum absolute atomic E-state index is 12.2. The molecule has 0 heterocycles. The maximum atomic E-state index is 12.2. The number of amides is 2. The third-order valence-corrected chi connectivity index (χ3v) is 2.82. The van der Waals surface area contributed by atoms with Crippen LogP contribution in [-0.4, -0.2) is 41.5 Å². The quantitative estimate of drug-likeness (QED) is 0.842. The van der Waals surface area contributed by atoms with E-state index in [1.165, 1.54) is 11.0 Å². The average molecular weight is 264 g/mol. The molecule has 1 aromatic carbocycles.